The molecule has 0 unspecified atom stereocenters. The van der Waals surface area contributed by atoms with Gasteiger partial charge in [-0.1, -0.05) is 23.5 Å². The van der Waals surface area contributed by atoms with Crippen molar-refractivity contribution >= 4 is 38.3 Å². The molecular formula is C18H18N4OS. The van der Waals surface area contributed by atoms with Gasteiger partial charge in [0, 0.05) is 25.2 Å². The monoisotopic (exact) mass is 338 g/mol. The molecule has 0 spiro atoms. The van der Waals surface area contributed by atoms with Gasteiger partial charge < -0.3 is 10.2 Å². The van der Waals surface area contributed by atoms with E-state index in [-0.39, 0.29) is 11.8 Å². The number of benzene rings is 1. The van der Waals surface area contributed by atoms with Crippen molar-refractivity contribution in [2.45, 2.75) is 12.8 Å². The van der Waals surface area contributed by atoms with E-state index in [1.54, 1.807) is 6.20 Å². The molecule has 0 bridgehead atoms. The highest BCUT2D eigenvalue weighted by atomic mass is 32.1. The Bertz CT molecular complexity index is 807. The SMILES string of the molecule is O=C(Nc1nc2ccccc2s1)C1CCN(c2cccnc2)CC1. The summed E-state index contributed by atoms with van der Waals surface area (Å²) >= 11 is 1.53. The molecule has 0 aliphatic carbocycles. The molecule has 1 amide bonds. The van der Waals surface area contributed by atoms with Crippen LogP contribution < -0.4 is 10.2 Å². The highest BCUT2D eigenvalue weighted by Gasteiger charge is 2.25. The Kier molecular flexibility index (Phi) is 4.13. The molecule has 5 nitrogen and oxygen atoms in total. The second kappa shape index (κ2) is 6.57. The van der Waals surface area contributed by atoms with Crippen LogP contribution in [0.2, 0.25) is 0 Å². The van der Waals surface area contributed by atoms with E-state index in [1.807, 2.05) is 36.5 Å². The zero-order chi connectivity index (χ0) is 16.4. The summed E-state index contributed by atoms with van der Waals surface area (Å²) in [7, 11) is 0. The minimum absolute atomic E-state index is 0.0462. The van der Waals surface area contributed by atoms with Crippen LogP contribution >= 0.6 is 11.3 Å². The number of pyridine rings is 1. The lowest BCUT2D eigenvalue weighted by atomic mass is 9.96. The predicted molar refractivity (Wildman–Crippen MR) is 97.4 cm³/mol. The highest BCUT2D eigenvalue weighted by Crippen LogP contribution is 2.27. The summed E-state index contributed by atoms with van der Waals surface area (Å²) < 4.78 is 1.10. The topological polar surface area (TPSA) is 58.1 Å². The van der Waals surface area contributed by atoms with Crippen molar-refractivity contribution in [3.8, 4) is 0 Å². The number of nitrogens with one attached hydrogen (secondary N) is 1. The van der Waals surface area contributed by atoms with Gasteiger partial charge in [0.25, 0.3) is 0 Å². The fourth-order valence-corrected chi connectivity index (χ4v) is 3.94. The third-order valence-electron chi connectivity index (χ3n) is 4.40. The maximum atomic E-state index is 12.5. The number of hydrogen-bond acceptors (Lipinski definition) is 5. The van der Waals surface area contributed by atoms with Gasteiger partial charge in [-0.05, 0) is 37.1 Å². The summed E-state index contributed by atoms with van der Waals surface area (Å²) in [6.07, 6.45) is 5.36. The van der Waals surface area contributed by atoms with Gasteiger partial charge in [0.15, 0.2) is 5.13 Å². The lowest BCUT2D eigenvalue weighted by Gasteiger charge is -2.32. The summed E-state index contributed by atoms with van der Waals surface area (Å²) in [5, 5.41) is 3.68. The van der Waals surface area contributed by atoms with Gasteiger partial charge in [-0.2, -0.15) is 0 Å². The lowest BCUT2D eigenvalue weighted by Crippen LogP contribution is -2.38. The summed E-state index contributed by atoms with van der Waals surface area (Å²) in [6.45, 7) is 1.76. The number of thiazole rings is 1. The van der Waals surface area contributed by atoms with E-state index in [9.17, 15) is 4.79 Å². The van der Waals surface area contributed by atoms with Crippen LogP contribution in [-0.2, 0) is 4.79 Å². The first-order valence-electron chi connectivity index (χ1n) is 8.11. The van der Waals surface area contributed by atoms with Crippen LogP contribution in [0.4, 0.5) is 10.8 Å². The second-order valence-electron chi connectivity index (χ2n) is 5.95. The van der Waals surface area contributed by atoms with Gasteiger partial charge in [-0.15, -0.1) is 0 Å². The maximum absolute atomic E-state index is 12.5. The third kappa shape index (κ3) is 3.10. The number of carbonyl (C=O) groups excluding carboxylic acids is 1. The largest absolute Gasteiger partial charge is 0.370 e. The first-order chi connectivity index (χ1) is 11.8. The van der Waals surface area contributed by atoms with E-state index in [1.165, 1.54) is 11.3 Å². The molecule has 1 aliphatic heterocycles. The van der Waals surface area contributed by atoms with E-state index in [0.29, 0.717) is 5.13 Å². The molecule has 1 fully saturated rings. The van der Waals surface area contributed by atoms with E-state index in [4.69, 9.17) is 0 Å². The molecule has 3 aromatic rings. The summed E-state index contributed by atoms with van der Waals surface area (Å²) in [6, 6.07) is 11.9. The third-order valence-corrected chi connectivity index (χ3v) is 5.35. The van der Waals surface area contributed by atoms with E-state index >= 15 is 0 Å². The van der Waals surface area contributed by atoms with Crippen molar-refractivity contribution in [2.75, 3.05) is 23.3 Å². The van der Waals surface area contributed by atoms with Gasteiger partial charge in [0.05, 0.1) is 22.1 Å². The number of rotatable bonds is 3. The normalized spacial score (nSPS) is 15.6. The van der Waals surface area contributed by atoms with Crippen molar-refractivity contribution in [3.05, 3.63) is 48.8 Å². The molecule has 1 saturated heterocycles. The first kappa shape index (κ1) is 15.1. The Balaban J connectivity index is 1.37. The lowest BCUT2D eigenvalue weighted by molar-refractivity contribution is -0.120. The number of carbonyl (C=O) groups is 1. The standard InChI is InChI=1S/C18H18N4OS/c23-17(21-18-20-15-5-1-2-6-16(15)24-18)13-7-10-22(11-8-13)14-4-3-9-19-12-14/h1-6,9,12-13H,7-8,10-11H2,(H,20,21,23). The van der Waals surface area contributed by atoms with Crippen LogP contribution in [0.5, 0.6) is 0 Å². The Morgan fingerprint density at radius 3 is 2.75 bits per heavy atom. The van der Waals surface area contributed by atoms with Crippen LogP contribution in [-0.4, -0.2) is 29.0 Å². The number of hydrogen-bond donors (Lipinski definition) is 1. The van der Waals surface area contributed by atoms with Gasteiger partial charge >= 0.3 is 0 Å². The molecule has 6 heteroatoms. The van der Waals surface area contributed by atoms with Crippen molar-refractivity contribution in [2.24, 2.45) is 5.92 Å². The average molecular weight is 338 g/mol. The second-order valence-corrected chi connectivity index (χ2v) is 6.98. The van der Waals surface area contributed by atoms with Crippen molar-refractivity contribution < 1.29 is 4.79 Å². The molecule has 2 aromatic heterocycles. The summed E-state index contributed by atoms with van der Waals surface area (Å²) in [4.78, 5) is 23.4. The van der Waals surface area contributed by atoms with Gasteiger partial charge in [0.1, 0.15) is 0 Å². The van der Waals surface area contributed by atoms with Crippen molar-refractivity contribution in [3.63, 3.8) is 0 Å². The van der Waals surface area contributed by atoms with Crippen molar-refractivity contribution in [1.82, 2.24) is 9.97 Å². The summed E-state index contributed by atoms with van der Waals surface area (Å²) in [5.74, 6) is 0.129. The maximum Gasteiger partial charge on any atom is 0.229 e. The molecule has 1 aromatic carbocycles. The van der Waals surface area contributed by atoms with E-state index in [2.05, 4.69) is 26.3 Å². The number of amides is 1. The Hall–Kier alpha value is -2.47. The smallest absolute Gasteiger partial charge is 0.229 e. The van der Waals surface area contributed by atoms with Crippen molar-refractivity contribution in [1.29, 1.82) is 0 Å². The van der Waals surface area contributed by atoms with E-state index in [0.717, 1.165) is 41.8 Å². The molecule has 0 atom stereocenters. The van der Waals surface area contributed by atoms with Gasteiger partial charge in [-0.25, -0.2) is 4.98 Å². The number of nitrogens with zero attached hydrogens (tertiary/aromatic N) is 3. The molecule has 3 heterocycles. The minimum Gasteiger partial charge on any atom is -0.370 e. The number of para-hydroxylation sites is 1. The molecule has 1 N–H and O–H groups in total. The Morgan fingerprint density at radius 1 is 1.17 bits per heavy atom. The van der Waals surface area contributed by atoms with Crippen LogP contribution in [0, 0.1) is 5.92 Å². The molecule has 0 radical (unpaired) electrons. The molecular weight excluding hydrogens is 320 g/mol. The highest BCUT2D eigenvalue weighted by molar-refractivity contribution is 7.22. The van der Waals surface area contributed by atoms with Crippen LogP contribution in [0.3, 0.4) is 0 Å². The first-order valence-corrected chi connectivity index (χ1v) is 8.93. The fraction of sp³-hybridized carbons (Fsp3) is 0.278. The fourth-order valence-electron chi connectivity index (χ4n) is 3.07. The van der Waals surface area contributed by atoms with Crippen LogP contribution in [0.15, 0.2) is 48.8 Å². The zero-order valence-electron chi connectivity index (χ0n) is 13.2. The molecule has 1 aliphatic rings. The van der Waals surface area contributed by atoms with Gasteiger partial charge in [0.2, 0.25) is 5.91 Å². The van der Waals surface area contributed by atoms with Crippen LogP contribution in [0.1, 0.15) is 12.8 Å². The number of anilines is 2. The Morgan fingerprint density at radius 2 is 2.00 bits per heavy atom. The quantitative estimate of drug-likeness (QED) is 0.793. The van der Waals surface area contributed by atoms with Gasteiger partial charge in [-0.3, -0.25) is 9.78 Å². The number of aromatic nitrogens is 2. The number of fused-ring (bicyclic) bond motifs is 1. The Labute approximate surface area is 144 Å². The number of piperidine rings is 1. The average Bonchev–Trinajstić information content (AvgIpc) is 3.05. The molecule has 122 valence electrons. The summed E-state index contributed by atoms with van der Waals surface area (Å²) in [5.41, 5.74) is 2.06. The van der Waals surface area contributed by atoms with Crippen LogP contribution in [0.25, 0.3) is 10.2 Å². The predicted octanol–water partition coefficient (Wildman–Crippen LogP) is 3.55. The molecule has 4 rings (SSSR count). The molecule has 24 heavy (non-hydrogen) atoms. The van der Waals surface area contributed by atoms with E-state index < -0.39 is 0 Å². The zero-order valence-corrected chi connectivity index (χ0v) is 14.0. The molecule has 0 saturated carbocycles. The minimum atomic E-state index is 0.0462.